The number of ether oxygens (including phenoxy) is 1. The lowest BCUT2D eigenvalue weighted by Crippen LogP contribution is -2.26. The Morgan fingerprint density at radius 3 is 2.89 bits per heavy atom. The topological polar surface area (TPSA) is 75.1 Å². The molecule has 0 radical (unpaired) electrons. The summed E-state index contributed by atoms with van der Waals surface area (Å²) >= 11 is 1.44. The van der Waals surface area contributed by atoms with Gasteiger partial charge in [-0.25, -0.2) is 9.38 Å². The monoisotopic (exact) mass is 384 g/mol. The SMILES string of the molecule is COc1ccccc1N=C1NN=C(c2cc3c(cc2F)NC(=O)CC3)CS1. The van der Waals surface area contributed by atoms with Crippen LogP contribution < -0.4 is 15.5 Å². The van der Waals surface area contributed by atoms with Crippen molar-refractivity contribution in [2.45, 2.75) is 12.8 Å². The third-order valence-electron chi connectivity index (χ3n) is 4.34. The summed E-state index contributed by atoms with van der Waals surface area (Å²) in [5, 5.41) is 7.63. The molecule has 0 spiro atoms. The average molecular weight is 384 g/mol. The second kappa shape index (κ2) is 7.40. The number of para-hydroxylation sites is 2. The lowest BCUT2D eigenvalue weighted by Gasteiger charge is -2.20. The van der Waals surface area contributed by atoms with Gasteiger partial charge in [0.2, 0.25) is 5.91 Å². The zero-order valence-corrected chi connectivity index (χ0v) is 15.4. The van der Waals surface area contributed by atoms with Gasteiger partial charge in [0, 0.05) is 23.4 Å². The fraction of sp³-hybridized carbons (Fsp3) is 0.211. The van der Waals surface area contributed by atoms with E-state index in [4.69, 9.17) is 4.74 Å². The van der Waals surface area contributed by atoms with Crippen molar-refractivity contribution in [1.82, 2.24) is 5.43 Å². The van der Waals surface area contributed by atoms with Crippen molar-refractivity contribution in [2.24, 2.45) is 10.1 Å². The van der Waals surface area contributed by atoms with Gasteiger partial charge in [0.05, 0.1) is 12.8 Å². The molecule has 2 N–H and O–H groups in total. The molecule has 6 nitrogen and oxygen atoms in total. The van der Waals surface area contributed by atoms with Crippen molar-refractivity contribution >= 4 is 39.9 Å². The molecule has 2 aliphatic rings. The number of amides is 1. The van der Waals surface area contributed by atoms with Gasteiger partial charge in [-0.3, -0.25) is 10.2 Å². The number of methoxy groups -OCH3 is 1. The number of carbonyl (C=O) groups excluding carboxylic acids is 1. The van der Waals surface area contributed by atoms with E-state index in [9.17, 15) is 9.18 Å². The van der Waals surface area contributed by atoms with Crippen LogP contribution in [-0.2, 0) is 11.2 Å². The first kappa shape index (κ1) is 17.5. The maximum atomic E-state index is 14.5. The zero-order chi connectivity index (χ0) is 18.8. The predicted octanol–water partition coefficient (Wildman–Crippen LogP) is 3.45. The van der Waals surface area contributed by atoms with Gasteiger partial charge in [0.1, 0.15) is 17.3 Å². The van der Waals surface area contributed by atoms with E-state index in [0.29, 0.717) is 52.2 Å². The molecular formula is C19H17FN4O2S. The number of hydrazone groups is 1. The second-order valence-electron chi connectivity index (χ2n) is 6.09. The highest BCUT2D eigenvalue weighted by molar-refractivity contribution is 8.14. The summed E-state index contributed by atoms with van der Waals surface area (Å²) in [5.74, 6) is 0.675. The van der Waals surface area contributed by atoms with Gasteiger partial charge in [0.25, 0.3) is 0 Å². The summed E-state index contributed by atoms with van der Waals surface area (Å²) in [6, 6.07) is 10.6. The first-order valence-corrected chi connectivity index (χ1v) is 9.42. The van der Waals surface area contributed by atoms with Gasteiger partial charge in [-0.1, -0.05) is 23.9 Å². The second-order valence-corrected chi connectivity index (χ2v) is 7.05. The number of rotatable bonds is 3. The number of nitrogens with zero attached hydrogens (tertiary/aromatic N) is 2. The van der Waals surface area contributed by atoms with Gasteiger partial charge < -0.3 is 10.1 Å². The molecule has 0 atom stereocenters. The zero-order valence-electron chi connectivity index (χ0n) is 14.6. The molecule has 0 saturated carbocycles. The summed E-state index contributed by atoms with van der Waals surface area (Å²) in [6.07, 6.45) is 1.01. The van der Waals surface area contributed by atoms with E-state index in [-0.39, 0.29) is 5.91 Å². The lowest BCUT2D eigenvalue weighted by atomic mass is 9.98. The maximum absolute atomic E-state index is 14.5. The van der Waals surface area contributed by atoms with E-state index >= 15 is 0 Å². The minimum absolute atomic E-state index is 0.0842. The van der Waals surface area contributed by atoms with E-state index in [1.54, 1.807) is 13.2 Å². The Labute approximate surface area is 159 Å². The number of carbonyl (C=O) groups is 1. The fourth-order valence-corrected chi connectivity index (χ4v) is 3.73. The number of anilines is 1. The Morgan fingerprint density at radius 1 is 1.26 bits per heavy atom. The Balaban J connectivity index is 1.57. The quantitative estimate of drug-likeness (QED) is 0.850. The van der Waals surface area contributed by atoms with E-state index in [0.717, 1.165) is 5.56 Å². The first-order valence-electron chi connectivity index (χ1n) is 8.44. The summed E-state index contributed by atoms with van der Waals surface area (Å²) in [5.41, 5.74) is 6.11. The predicted molar refractivity (Wildman–Crippen MR) is 106 cm³/mol. The van der Waals surface area contributed by atoms with Crippen molar-refractivity contribution in [1.29, 1.82) is 0 Å². The molecule has 0 bridgehead atoms. The average Bonchev–Trinajstić information content (AvgIpc) is 2.68. The Bertz CT molecular complexity index is 974. The highest BCUT2D eigenvalue weighted by Crippen LogP contribution is 2.30. The number of thioether (sulfide) groups is 1. The molecule has 138 valence electrons. The Hall–Kier alpha value is -2.87. The maximum Gasteiger partial charge on any atom is 0.224 e. The molecule has 2 aliphatic heterocycles. The number of hydrogen-bond acceptors (Lipinski definition) is 5. The summed E-state index contributed by atoms with van der Waals surface area (Å²) in [7, 11) is 1.60. The molecule has 27 heavy (non-hydrogen) atoms. The van der Waals surface area contributed by atoms with Crippen molar-refractivity contribution in [3.63, 3.8) is 0 Å². The molecular weight excluding hydrogens is 367 g/mol. The molecule has 8 heteroatoms. The van der Waals surface area contributed by atoms with E-state index in [1.165, 1.54) is 17.8 Å². The minimum atomic E-state index is -0.401. The van der Waals surface area contributed by atoms with Crippen molar-refractivity contribution in [2.75, 3.05) is 18.2 Å². The minimum Gasteiger partial charge on any atom is -0.494 e. The largest absolute Gasteiger partial charge is 0.494 e. The Kier molecular flexibility index (Phi) is 4.81. The normalized spacial score (nSPS) is 17.6. The molecule has 4 rings (SSSR count). The number of aryl methyl sites for hydroxylation is 1. The number of fused-ring (bicyclic) bond motifs is 1. The fourth-order valence-electron chi connectivity index (χ4n) is 2.97. The van der Waals surface area contributed by atoms with Crippen LogP contribution in [-0.4, -0.2) is 29.6 Å². The smallest absolute Gasteiger partial charge is 0.224 e. The van der Waals surface area contributed by atoms with Crippen molar-refractivity contribution in [3.8, 4) is 5.75 Å². The molecule has 0 saturated heterocycles. The Morgan fingerprint density at radius 2 is 2.11 bits per heavy atom. The summed E-state index contributed by atoms with van der Waals surface area (Å²) in [4.78, 5) is 16.0. The van der Waals surface area contributed by atoms with Gasteiger partial charge >= 0.3 is 0 Å². The molecule has 0 unspecified atom stereocenters. The van der Waals surface area contributed by atoms with Crippen LogP contribution in [0.5, 0.6) is 5.75 Å². The van der Waals surface area contributed by atoms with Gasteiger partial charge in [-0.05, 0) is 36.2 Å². The summed E-state index contributed by atoms with van der Waals surface area (Å²) < 4.78 is 19.8. The van der Waals surface area contributed by atoms with Crippen LogP contribution in [0.15, 0.2) is 46.5 Å². The lowest BCUT2D eigenvalue weighted by molar-refractivity contribution is -0.116. The first-order chi connectivity index (χ1) is 13.1. The number of halogens is 1. The number of amidine groups is 1. The molecule has 1 amide bonds. The molecule has 2 heterocycles. The van der Waals surface area contributed by atoms with E-state index in [1.807, 2.05) is 24.3 Å². The number of nitrogens with one attached hydrogen (secondary N) is 2. The van der Waals surface area contributed by atoms with Crippen LogP contribution in [0.4, 0.5) is 15.8 Å². The van der Waals surface area contributed by atoms with E-state index < -0.39 is 5.82 Å². The van der Waals surface area contributed by atoms with Gasteiger partial charge in [-0.2, -0.15) is 5.10 Å². The van der Waals surface area contributed by atoms with Crippen LogP contribution in [0, 0.1) is 5.82 Å². The molecule has 2 aromatic rings. The number of aliphatic imine (C=N–C) groups is 1. The standard InChI is InChI=1S/C19H17FN4O2S/c1-26-17-5-3-2-4-14(17)22-19-24-23-16(10-27-19)12-8-11-6-7-18(25)21-15(11)9-13(12)20/h2-5,8-9H,6-7,10H2,1H3,(H,21,25)(H,22,24). The molecule has 0 fully saturated rings. The highest BCUT2D eigenvalue weighted by Gasteiger charge is 2.22. The van der Waals surface area contributed by atoms with Crippen LogP contribution in [0.25, 0.3) is 0 Å². The molecule has 0 aromatic heterocycles. The number of benzene rings is 2. The van der Waals surface area contributed by atoms with Gasteiger partial charge in [0.15, 0.2) is 5.17 Å². The van der Waals surface area contributed by atoms with Crippen molar-refractivity contribution < 1.29 is 13.9 Å². The van der Waals surface area contributed by atoms with E-state index in [2.05, 4.69) is 20.8 Å². The van der Waals surface area contributed by atoms with Crippen LogP contribution in [0.2, 0.25) is 0 Å². The van der Waals surface area contributed by atoms with Gasteiger partial charge in [-0.15, -0.1) is 0 Å². The third-order valence-corrected chi connectivity index (χ3v) is 5.21. The van der Waals surface area contributed by atoms with Crippen LogP contribution >= 0.6 is 11.8 Å². The van der Waals surface area contributed by atoms with Crippen LogP contribution in [0.1, 0.15) is 17.5 Å². The van der Waals surface area contributed by atoms with Crippen LogP contribution in [0.3, 0.4) is 0 Å². The van der Waals surface area contributed by atoms with Crippen molar-refractivity contribution in [3.05, 3.63) is 53.3 Å². The molecule has 2 aromatic carbocycles. The third kappa shape index (κ3) is 3.66. The summed E-state index contributed by atoms with van der Waals surface area (Å²) in [6.45, 7) is 0. The number of hydrogen-bond donors (Lipinski definition) is 2. The highest BCUT2D eigenvalue weighted by atomic mass is 32.2. The molecule has 0 aliphatic carbocycles.